The summed E-state index contributed by atoms with van der Waals surface area (Å²) in [4.78, 5) is 31.7. The molecule has 4 rings (SSSR count). The molecule has 1 aliphatic rings. The Morgan fingerprint density at radius 2 is 2.04 bits per heavy atom. The summed E-state index contributed by atoms with van der Waals surface area (Å²) in [5, 5.41) is 5.65. The van der Waals surface area contributed by atoms with Gasteiger partial charge in [-0.2, -0.15) is 0 Å². The maximum atomic E-state index is 12.3. The summed E-state index contributed by atoms with van der Waals surface area (Å²) in [7, 11) is 0. The molecular weight excluding hydrogens is 352 g/mol. The molecule has 3 aromatic rings. The first kappa shape index (κ1) is 16.5. The van der Waals surface area contributed by atoms with E-state index in [4.69, 9.17) is 10.5 Å². The third-order valence-corrected chi connectivity index (χ3v) is 5.10. The Labute approximate surface area is 153 Å². The van der Waals surface area contributed by atoms with Gasteiger partial charge in [0.1, 0.15) is 23.1 Å². The minimum absolute atomic E-state index is 0.0177. The van der Waals surface area contributed by atoms with Gasteiger partial charge in [0.15, 0.2) is 5.13 Å². The van der Waals surface area contributed by atoms with Crippen molar-refractivity contribution in [2.75, 3.05) is 5.32 Å². The zero-order chi connectivity index (χ0) is 18.1. The number of thiazole rings is 1. The van der Waals surface area contributed by atoms with E-state index < -0.39 is 5.91 Å². The maximum absolute atomic E-state index is 12.3. The monoisotopic (exact) mass is 368 g/mol. The van der Waals surface area contributed by atoms with Crippen LogP contribution in [0.4, 0.5) is 5.13 Å². The number of benzene rings is 1. The molecule has 132 valence electrons. The molecule has 2 amide bonds. The Hall–Kier alpha value is -3.00. The lowest BCUT2D eigenvalue weighted by molar-refractivity contribution is -0.125. The standard InChI is InChI=1S/C18H16N4O3S/c19-16(23)13-9-26-18(21-13)22-17(24)11-7-12(8-11)25-14-5-1-3-10-4-2-6-20-15(10)14/h1-6,9,11-12H,7-8H2,(H2,19,23)(H,21,22,24). The van der Waals surface area contributed by atoms with Crippen LogP contribution in [0, 0.1) is 5.92 Å². The number of ether oxygens (including phenoxy) is 1. The second-order valence-corrected chi connectivity index (χ2v) is 6.99. The van der Waals surface area contributed by atoms with Gasteiger partial charge in [0.2, 0.25) is 5.91 Å². The molecule has 1 aromatic carbocycles. The number of rotatable bonds is 5. The van der Waals surface area contributed by atoms with Crippen LogP contribution in [0.25, 0.3) is 10.9 Å². The van der Waals surface area contributed by atoms with Crippen LogP contribution >= 0.6 is 11.3 Å². The largest absolute Gasteiger partial charge is 0.488 e. The van der Waals surface area contributed by atoms with Crippen LogP contribution in [0.15, 0.2) is 41.9 Å². The van der Waals surface area contributed by atoms with Crippen LogP contribution in [0.2, 0.25) is 0 Å². The number of carbonyl (C=O) groups is 2. The Morgan fingerprint density at radius 3 is 2.81 bits per heavy atom. The smallest absolute Gasteiger partial charge is 0.268 e. The maximum Gasteiger partial charge on any atom is 0.268 e. The van der Waals surface area contributed by atoms with Crippen LogP contribution in [0.5, 0.6) is 5.75 Å². The number of nitrogens with zero attached hydrogens (tertiary/aromatic N) is 2. The minimum atomic E-state index is -0.609. The Balaban J connectivity index is 1.34. The van der Waals surface area contributed by atoms with Crippen LogP contribution in [0.3, 0.4) is 0 Å². The predicted octanol–water partition coefficient (Wildman–Crippen LogP) is 2.59. The van der Waals surface area contributed by atoms with Gasteiger partial charge in [-0.05, 0) is 25.0 Å². The van der Waals surface area contributed by atoms with Gasteiger partial charge in [0.05, 0.1) is 0 Å². The second-order valence-electron chi connectivity index (χ2n) is 6.13. The molecule has 0 aliphatic heterocycles. The van der Waals surface area contributed by atoms with Gasteiger partial charge in [0, 0.05) is 22.9 Å². The summed E-state index contributed by atoms with van der Waals surface area (Å²) in [6.45, 7) is 0. The number of anilines is 1. The van der Waals surface area contributed by atoms with E-state index in [1.54, 1.807) is 6.20 Å². The Bertz CT molecular complexity index is 976. The number of pyridine rings is 1. The second kappa shape index (κ2) is 6.72. The third kappa shape index (κ3) is 3.23. The number of fused-ring (bicyclic) bond motifs is 1. The minimum Gasteiger partial charge on any atom is -0.488 e. The van der Waals surface area contributed by atoms with Gasteiger partial charge in [-0.1, -0.05) is 18.2 Å². The summed E-state index contributed by atoms with van der Waals surface area (Å²) in [5.41, 5.74) is 6.14. The summed E-state index contributed by atoms with van der Waals surface area (Å²) in [5.74, 6) is -0.129. The molecule has 0 spiro atoms. The van der Waals surface area contributed by atoms with Crippen molar-refractivity contribution in [3.05, 3.63) is 47.6 Å². The topological polar surface area (TPSA) is 107 Å². The Morgan fingerprint density at radius 1 is 1.23 bits per heavy atom. The van der Waals surface area contributed by atoms with Crippen molar-refractivity contribution in [3.8, 4) is 5.75 Å². The van der Waals surface area contributed by atoms with Crippen LogP contribution in [-0.2, 0) is 4.79 Å². The zero-order valence-electron chi connectivity index (χ0n) is 13.7. The van der Waals surface area contributed by atoms with E-state index in [2.05, 4.69) is 15.3 Å². The molecule has 26 heavy (non-hydrogen) atoms. The molecule has 1 saturated carbocycles. The lowest BCUT2D eigenvalue weighted by atomic mass is 9.81. The van der Waals surface area contributed by atoms with E-state index in [0.29, 0.717) is 18.0 Å². The zero-order valence-corrected chi connectivity index (χ0v) is 14.5. The molecule has 0 unspecified atom stereocenters. The third-order valence-electron chi connectivity index (χ3n) is 4.34. The van der Waals surface area contributed by atoms with Gasteiger partial charge in [-0.15, -0.1) is 11.3 Å². The van der Waals surface area contributed by atoms with Crippen LogP contribution in [-0.4, -0.2) is 27.9 Å². The molecule has 3 N–H and O–H groups in total. The first-order valence-electron chi connectivity index (χ1n) is 8.17. The van der Waals surface area contributed by atoms with Gasteiger partial charge >= 0.3 is 0 Å². The highest BCUT2D eigenvalue weighted by Crippen LogP contribution is 2.34. The molecule has 0 bridgehead atoms. The fourth-order valence-corrected chi connectivity index (χ4v) is 3.58. The molecule has 8 heteroatoms. The van der Waals surface area contributed by atoms with Gasteiger partial charge < -0.3 is 15.8 Å². The number of aromatic nitrogens is 2. The average molecular weight is 368 g/mol. The van der Waals surface area contributed by atoms with Crippen LogP contribution < -0.4 is 15.8 Å². The number of hydrogen-bond acceptors (Lipinski definition) is 6. The molecule has 1 fully saturated rings. The summed E-state index contributed by atoms with van der Waals surface area (Å²) < 4.78 is 6.01. The summed E-state index contributed by atoms with van der Waals surface area (Å²) in [6, 6.07) is 9.68. The van der Waals surface area contributed by atoms with E-state index in [0.717, 1.165) is 16.7 Å². The molecule has 2 aromatic heterocycles. The van der Waals surface area contributed by atoms with Crippen LogP contribution in [0.1, 0.15) is 23.3 Å². The van der Waals surface area contributed by atoms with E-state index >= 15 is 0 Å². The highest BCUT2D eigenvalue weighted by Gasteiger charge is 2.36. The number of hydrogen-bond donors (Lipinski definition) is 2. The fourth-order valence-electron chi connectivity index (χ4n) is 2.88. The molecule has 7 nitrogen and oxygen atoms in total. The quantitative estimate of drug-likeness (QED) is 0.720. The van der Waals surface area contributed by atoms with Crippen molar-refractivity contribution < 1.29 is 14.3 Å². The Kier molecular flexibility index (Phi) is 4.26. The predicted molar refractivity (Wildman–Crippen MR) is 98.1 cm³/mol. The van der Waals surface area contributed by atoms with E-state index in [1.165, 1.54) is 16.7 Å². The fraction of sp³-hybridized carbons (Fsp3) is 0.222. The molecule has 0 radical (unpaired) electrons. The lowest BCUT2D eigenvalue weighted by Crippen LogP contribution is -2.40. The number of nitrogens with one attached hydrogen (secondary N) is 1. The number of nitrogens with two attached hydrogens (primary N) is 1. The summed E-state index contributed by atoms with van der Waals surface area (Å²) >= 11 is 1.18. The van der Waals surface area contributed by atoms with Gasteiger partial charge in [0.25, 0.3) is 5.91 Å². The van der Waals surface area contributed by atoms with Gasteiger partial charge in [-0.3, -0.25) is 14.6 Å². The SMILES string of the molecule is NC(=O)c1csc(NC(=O)C2CC(Oc3cccc4cccnc34)C2)n1. The molecule has 1 aliphatic carbocycles. The lowest BCUT2D eigenvalue weighted by Gasteiger charge is -2.34. The molecule has 0 saturated heterocycles. The molecule has 0 atom stereocenters. The van der Waals surface area contributed by atoms with E-state index in [-0.39, 0.29) is 23.6 Å². The van der Waals surface area contributed by atoms with Crippen molar-refractivity contribution in [2.45, 2.75) is 18.9 Å². The first-order valence-corrected chi connectivity index (χ1v) is 9.04. The van der Waals surface area contributed by atoms with E-state index in [1.807, 2.05) is 30.3 Å². The number of primary amides is 1. The van der Waals surface area contributed by atoms with Crippen molar-refractivity contribution in [1.29, 1.82) is 0 Å². The highest BCUT2D eigenvalue weighted by molar-refractivity contribution is 7.14. The van der Waals surface area contributed by atoms with Crippen molar-refractivity contribution >= 4 is 39.2 Å². The van der Waals surface area contributed by atoms with Crippen molar-refractivity contribution in [3.63, 3.8) is 0 Å². The average Bonchev–Trinajstić information content (AvgIpc) is 3.06. The van der Waals surface area contributed by atoms with Crippen molar-refractivity contribution in [2.24, 2.45) is 11.7 Å². The molecular formula is C18H16N4O3S. The number of amides is 2. The summed E-state index contributed by atoms with van der Waals surface area (Å²) in [6.07, 6.45) is 2.98. The van der Waals surface area contributed by atoms with E-state index in [9.17, 15) is 9.59 Å². The molecule has 2 heterocycles. The number of carbonyl (C=O) groups excluding carboxylic acids is 2. The van der Waals surface area contributed by atoms with Gasteiger partial charge in [-0.25, -0.2) is 4.98 Å². The number of para-hydroxylation sites is 1. The van der Waals surface area contributed by atoms with Crippen molar-refractivity contribution in [1.82, 2.24) is 9.97 Å². The normalized spacial score (nSPS) is 18.9. The highest BCUT2D eigenvalue weighted by atomic mass is 32.1. The first-order chi connectivity index (χ1) is 12.6.